The van der Waals surface area contributed by atoms with Gasteiger partial charge in [0.15, 0.2) is 17.4 Å². The molecule has 2 rings (SSSR count). The Balaban J connectivity index is 2.24. The van der Waals surface area contributed by atoms with Crippen LogP contribution in [0, 0.1) is 17.5 Å². The zero-order chi connectivity index (χ0) is 14.0. The number of halogens is 3. The summed E-state index contributed by atoms with van der Waals surface area (Å²) in [6, 6.07) is 8.16. The average molecular weight is 267 g/mol. The largest absolute Gasteiger partial charge is 0.503 e. The van der Waals surface area contributed by atoms with Crippen LogP contribution in [0.1, 0.15) is 5.56 Å². The van der Waals surface area contributed by atoms with Crippen LogP contribution in [-0.2, 0) is 6.54 Å². The smallest absolute Gasteiger partial charge is 0.187 e. The molecule has 2 nitrogen and oxygen atoms in total. The minimum absolute atomic E-state index is 0.120. The Labute approximate surface area is 108 Å². The van der Waals surface area contributed by atoms with E-state index >= 15 is 0 Å². The summed E-state index contributed by atoms with van der Waals surface area (Å²) in [6.07, 6.45) is 0. The highest BCUT2D eigenvalue weighted by Gasteiger charge is 2.12. The average Bonchev–Trinajstić information content (AvgIpc) is 2.36. The number of hydrogen-bond acceptors (Lipinski definition) is 2. The number of rotatable bonds is 3. The van der Waals surface area contributed by atoms with Crippen molar-refractivity contribution in [1.29, 1.82) is 0 Å². The standard InChI is InChI=1S/C14H12F3NO/c1-18(13-5-3-2-4-10(13)15)8-9-6-11(16)14(19)12(17)7-9/h2-7,19H,8H2,1H3. The Kier molecular flexibility index (Phi) is 3.64. The fourth-order valence-corrected chi connectivity index (χ4v) is 1.83. The van der Waals surface area contributed by atoms with Crippen LogP contribution in [0.5, 0.6) is 5.75 Å². The van der Waals surface area contributed by atoms with Crippen LogP contribution in [0.25, 0.3) is 0 Å². The van der Waals surface area contributed by atoms with Crippen molar-refractivity contribution in [3.63, 3.8) is 0 Å². The molecule has 0 amide bonds. The van der Waals surface area contributed by atoms with Gasteiger partial charge in [-0.1, -0.05) is 12.1 Å². The van der Waals surface area contributed by atoms with Crippen molar-refractivity contribution in [3.05, 3.63) is 59.4 Å². The molecule has 19 heavy (non-hydrogen) atoms. The monoisotopic (exact) mass is 267 g/mol. The molecule has 0 aromatic heterocycles. The predicted octanol–water partition coefficient (Wildman–Crippen LogP) is 3.45. The number of para-hydroxylation sites is 1. The molecule has 0 radical (unpaired) electrons. The zero-order valence-corrected chi connectivity index (χ0v) is 10.2. The van der Waals surface area contributed by atoms with E-state index < -0.39 is 23.2 Å². The lowest BCUT2D eigenvalue weighted by molar-refractivity contribution is 0.395. The molecule has 0 aliphatic rings. The molecule has 0 atom stereocenters. The van der Waals surface area contributed by atoms with Gasteiger partial charge in [0.25, 0.3) is 0 Å². The lowest BCUT2D eigenvalue weighted by atomic mass is 10.1. The van der Waals surface area contributed by atoms with Crippen molar-refractivity contribution in [1.82, 2.24) is 0 Å². The van der Waals surface area contributed by atoms with Crippen molar-refractivity contribution in [2.75, 3.05) is 11.9 Å². The lowest BCUT2D eigenvalue weighted by Crippen LogP contribution is -2.17. The Morgan fingerprint density at radius 3 is 2.16 bits per heavy atom. The molecule has 1 N–H and O–H groups in total. The van der Waals surface area contributed by atoms with Crippen molar-refractivity contribution in [3.8, 4) is 5.75 Å². The first kappa shape index (κ1) is 13.3. The number of hydrogen-bond donors (Lipinski definition) is 1. The van der Waals surface area contributed by atoms with Gasteiger partial charge >= 0.3 is 0 Å². The quantitative estimate of drug-likeness (QED) is 0.920. The van der Waals surface area contributed by atoms with Crippen LogP contribution in [0.15, 0.2) is 36.4 Å². The van der Waals surface area contributed by atoms with E-state index in [9.17, 15) is 13.2 Å². The van der Waals surface area contributed by atoms with Crippen LogP contribution in [0.4, 0.5) is 18.9 Å². The maximum absolute atomic E-state index is 13.5. The van der Waals surface area contributed by atoms with Gasteiger partial charge in [0.2, 0.25) is 0 Å². The summed E-state index contributed by atoms with van der Waals surface area (Å²) in [5, 5.41) is 9.00. The number of phenols is 1. The number of anilines is 1. The Morgan fingerprint density at radius 2 is 1.58 bits per heavy atom. The van der Waals surface area contributed by atoms with Crippen molar-refractivity contribution in [2.24, 2.45) is 0 Å². The molecule has 100 valence electrons. The van der Waals surface area contributed by atoms with Crippen molar-refractivity contribution in [2.45, 2.75) is 6.54 Å². The van der Waals surface area contributed by atoms with E-state index in [1.807, 2.05) is 0 Å². The minimum atomic E-state index is -1.03. The van der Waals surface area contributed by atoms with Crippen molar-refractivity contribution < 1.29 is 18.3 Å². The van der Waals surface area contributed by atoms with Gasteiger partial charge in [-0.25, -0.2) is 13.2 Å². The third kappa shape index (κ3) is 2.81. The molecule has 0 unspecified atom stereocenters. The van der Waals surface area contributed by atoms with E-state index in [1.54, 1.807) is 25.2 Å². The van der Waals surface area contributed by atoms with E-state index in [-0.39, 0.29) is 6.54 Å². The summed E-state index contributed by atoms with van der Waals surface area (Å²) < 4.78 is 39.9. The van der Waals surface area contributed by atoms with Crippen LogP contribution in [0.3, 0.4) is 0 Å². The number of aromatic hydroxyl groups is 1. The van der Waals surface area contributed by atoms with Gasteiger partial charge in [0.1, 0.15) is 5.82 Å². The Bertz CT molecular complexity index is 578. The zero-order valence-electron chi connectivity index (χ0n) is 10.2. The molecule has 0 heterocycles. The van der Waals surface area contributed by atoms with Crippen LogP contribution < -0.4 is 4.90 Å². The molecule has 5 heteroatoms. The molecule has 2 aromatic rings. The second kappa shape index (κ2) is 5.22. The summed E-state index contributed by atoms with van der Waals surface area (Å²) >= 11 is 0. The second-order valence-electron chi connectivity index (χ2n) is 4.22. The first-order chi connectivity index (χ1) is 8.99. The fraction of sp³-hybridized carbons (Fsp3) is 0.143. The van der Waals surface area contributed by atoms with Gasteiger partial charge in [0, 0.05) is 13.6 Å². The highest BCUT2D eigenvalue weighted by atomic mass is 19.1. The molecule has 0 saturated heterocycles. The first-order valence-corrected chi connectivity index (χ1v) is 5.61. The highest BCUT2D eigenvalue weighted by Crippen LogP contribution is 2.24. The normalized spacial score (nSPS) is 10.5. The third-order valence-electron chi connectivity index (χ3n) is 2.76. The molecule has 0 spiro atoms. The summed E-state index contributed by atoms with van der Waals surface area (Å²) in [5.41, 5.74) is 0.634. The molecule has 0 fully saturated rings. The predicted molar refractivity (Wildman–Crippen MR) is 66.5 cm³/mol. The number of benzene rings is 2. The topological polar surface area (TPSA) is 23.5 Å². The van der Waals surface area contributed by atoms with Gasteiger partial charge in [-0.15, -0.1) is 0 Å². The van der Waals surface area contributed by atoms with Crippen molar-refractivity contribution >= 4 is 5.69 Å². The molecule has 0 aliphatic heterocycles. The van der Waals surface area contributed by atoms with Crippen LogP contribution >= 0.6 is 0 Å². The number of nitrogens with zero attached hydrogens (tertiary/aromatic N) is 1. The van der Waals surface area contributed by atoms with Gasteiger partial charge in [-0.05, 0) is 29.8 Å². The third-order valence-corrected chi connectivity index (χ3v) is 2.76. The molecule has 0 aliphatic carbocycles. The van der Waals surface area contributed by atoms with E-state index in [1.165, 1.54) is 11.0 Å². The summed E-state index contributed by atoms with van der Waals surface area (Å²) in [5.74, 6) is -3.48. The van der Waals surface area contributed by atoms with Gasteiger partial charge in [-0.3, -0.25) is 0 Å². The molecular formula is C14H12F3NO. The molecule has 2 aromatic carbocycles. The maximum Gasteiger partial charge on any atom is 0.187 e. The van der Waals surface area contributed by atoms with Crippen LogP contribution in [-0.4, -0.2) is 12.2 Å². The Hall–Kier alpha value is -2.17. The SMILES string of the molecule is CN(Cc1cc(F)c(O)c(F)c1)c1ccccc1F. The van der Waals surface area contributed by atoms with Gasteiger partial charge in [-0.2, -0.15) is 0 Å². The second-order valence-corrected chi connectivity index (χ2v) is 4.22. The fourth-order valence-electron chi connectivity index (χ4n) is 1.83. The molecular weight excluding hydrogens is 255 g/mol. The van der Waals surface area contributed by atoms with Gasteiger partial charge < -0.3 is 10.0 Å². The van der Waals surface area contributed by atoms with Gasteiger partial charge in [0.05, 0.1) is 5.69 Å². The summed E-state index contributed by atoms with van der Waals surface area (Å²) in [6.45, 7) is 0.120. The summed E-state index contributed by atoms with van der Waals surface area (Å²) in [4.78, 5) is 1.53. The van der Waals surface area contributed by atoms with E-state index in [0.29, 0.717) is 11.3 Å². The lowest BCUT2D eigenvalue weighted by Gasteiger charge is -2.20. The molecule has 0 saturated carbocycles. The first-order valence-electron chi connectivity index (χ1n) is 5.61. The Morgan fingerprint density at radius 1 is 1.00 bits per heavy atom. The minimum Gasteiger partial charge on any atom is -0.503 e. The van der Waals surface area contributed by atoms with E-state index in [4.69, 9.17) is 5.11 Å². The van der Waals surface area contributed by atoms with Crippen LogP contribution in [0.2, 0.25) is 0 Å². The van der Waals surface area contributed by atoms with E-state index in [0.717, 1.165) is 12.1 Å². The molecule has 0 bridgehead atoms. The highest BCUT2D eigenvalue weighted by molar-refractivity contribution is 5.47. The van der Waals surface area contributed by atoms with E-state index in [2.05, 4.69) is 0 Å². The summed E-state index contributed by atoms with van der Waals surface area (Å²) in [7, 11) is 1.61. The number of phenolic OH excluding ortho intramolecular Hbond substituents is 1. The maximum atomic E-state index is 13.5.